The fraction of sp³-hybridized carbons (Fsp3) is 0.100. The normalized spacial score (nSPS) is 10.7. The number of ether oxygens (including phenoxy) is 1. The molecule has 8 nitrogen and oxygen atoms in total. The Morgan fingerprint density at radius 3 is 2.90 bits per heavy atom. The van der Waals surface area contributed by atoms with Crippen LogP contribution in [0.1, 0.15) is 16.1 Å². The van der Waals surface area contributed by atoms with Crippen LogP contribution in [0.5, 0.6) is 5.75 Å². The summed E-state index contributed by atoms with van der Waals surface area (Å²) in [5, 5.41) is 13.6. The molecule has 1 amide bonds. The van der Waals surface area contributed by atoms with Crippen molar-refractivity contribution in [3.8, 4) is 17.0 Å². The van der Waals surface area contributed by atoms with Crippen molar-refractivity contribution in [2.24, 2.45) is 0 Å². The van der Waals surface area contributed by atoms with Gasteiger partial charge in [-0.1, -0.05) is 30.3 Å². The highest BCUT2D eigenvalue weighted by Crippen LogP contribution is 2.22. The Morgan fingerprint density at radius 1 is 1.21 bits per heavy atom. The van der Waals surface area contributed by atoms with E-state index in [1.807, 2.05) is 24.3 Å². The van der Waals surface area contributed by atoms with Gasteiger partial charge in [-0.25, -0.2) is 14.1 Å². The van der Waals surface area contributed by atoms with Crippen LogP contribution < -0.4 is 10.1 Å². The Labute approximate surface area is 165 Å². The highest BCUT2D eigenvalue weighted by Gasteiger charge is 2.14. The van der Waals surface area contributed by atoms with Crippen LogP contribution in [0.4, 0.5) is 10.3 Å². The van der Waals surface area contributed by atoms with E-state index in [1.54, 1.807) is 31.4 Å². The van der Waals surface area contributed by atoms with E-state index in [0.29, 0.717) is 17.0 Å². The molecule has 29 heavy (non-hydrogen) atoms. The molecule has 146 valence electrons. The van der Waals surface area contributed by atoms with Gasteiger partial charge in [-0.15, -0.1) is 5.10 Å². The van der Waals surface area contributed by atoms with Crippen LogP contribution >= 0.6 is 0 Å². The fourth-order valence-electron chi connectivity index (χ4n) is 2.77. The van der Waals surface area contributed by atoms with Crippen LogP contribution in [0.25, 0.3) is 11.3 Å². The van der Waals surface area contributed by atoms with Gasteiger partial charge in [-0.2, -0.15) is 5.10 Å². The maximum Gasteiger partial charge on any atom is 0.276 e. The molecule has 0 saturated heterocycles. The number of anilines is 1. The largest absolute Gasteiger partial charge is 0.497 e. The van der Waals surface area contributed by atoms with Gasteiger partial charge in [0.25, 0.3) is 5.91 Å². The van der Waals surface area contributed by atoms with Gasteiger partial charge >= 0.3 is 0 Å². The van der Waals surface area contributed by atoms with Gasteiger partial charge in [-0.05, 0) is 24.3 Å². The number of aromatic nitrogens is 5. The lowest BCUT2D eigenvalue weighted by atomic mass is 10.1. The summed E-state index contributed by atoms with van der Waals surface area (Å²) in [6.45, 7) is 0.208. The molecule has 2 heterocycles. The Balaban J connectivity index is 1.44. The summed E-state index contributed by atoms with van der Waals surface area (Å²) in [6.07, 6.45) is 1.43. The Morgan fingerprint density at radius 2 is 2.07 bits per heavy atom. The first-order chi connectivity index (χ1) is 14.1. The van der Waals surface area contributed by atoms with E-state index in [1.165, 1.54) is 17.1 Å². The first kappa shape index (κ1) is 18.4. The number of benzene rings is 2. The molecule has 0 atom stereocenters. The van der Waals surface area contributed by atoms with Crippen molar-refractivity contribution in [2.75, 3.05) is 12.4 Å². The average Bonchev–Trinajstić information content (AvgIpc) is 3.40. The Hall–Kier alpha value is -4.01. The number of rotatable bonds is 6. The maximum atomic E-state index is 13.8. The summed E-state index contributed by atoms with van der Waals surface area (Å²) in [4.78, 5) is 16.5. The van der Waals surface area contributed by atoms with E-state index in [9.17, 15) is 9.18 Å². The zero-order valence-corrected chi connectivity index (χ0v) is 15.5. The molecule has 0 saturated carbocycles. The molecule has 0 spiro atoms. The number of nitrogens with one attached hydrogen (secondary N) is 2. The van der Waals surface area contributed by atoms with E-state index in [-0.39, 0.29) is 24.0 Å². The molecule has 2 N–H and O–H groups in total. The summed E-state index contributed by atoms with van der Waals surface area (Å²) in [7, 11) is 1.58. The van der Waals surface area contributed by atoms with Gasteiger partial charge in [0.05, 0.1) is 19.3 Å². The SMILES string of the molecule is COc1cccc(-c2cc(C(=O)Nc3ncn(Cc4ccccc4F)n3)[nH]n2)c1. The summed E-state index contributed by atoms with van der Waals surface area (Å²) in [6, 6.07) is 15.4. The molecular weight excluding hydrogens is 375 g/mol. The number of carbonyl (C=O) groups is 1. The number of hydrogen-bond donors (Lipinski definition) is 2. The van der Waals surface area contributed by atoms with E-state index in [4.69, 9.17) is 4.74 Å². The van der Waals surface area contributed by atoms with Gasteiger partial charge in [0.1, 0.15) is 23.6 Å². The lowest BCUT2D eigenvalue weighted by Crippen LogP contribution is -2.14. The number of methoxy groups -OCH3 is 1. The van der Waals surface area contributed by atoms with E-state index in [0.717, 1.165) is 5.56 Å². The molecule has 4 aromatic rings. The van der Waals surface area contributed by atoms with E-state index >= 15 is 0 Å². The molecule has 0 bridgehead atoms. The van der Waals surface area contributed by atoms with Crippen LogP contribution in [0.15, 0.2) is 60.9 Å². The number of halogens is 1. The summed E-state index contributed by atoms with van der Waals surface area (Å²) < 4.78 is 20.4. The highest BCUT2D eigenvalue weighted by atomic mass is 19.1. The van der Waals surface area contributed by atoms with Crippen molar-refractivity contribution in [3.05, 3.63) is 78.0 Å². The van der Waals surface area contributed by atoms with Crippen molar-refractivity contribution in [1.82, 2.24) is 25.0 Å². The smallest absolute Gasteiger partial charge is 0.276 e. The van der Waals surface area contributed by atoms with Gasteiger partial charge in [-0.3, -0.25) is 15.2 Å². The summed E-state index contributed by atoms with van der Waals surface area (Å²) in [5.41, 5.74) is 2.15. The number of aromatic amines is 1. The maximum absolute atomic E-state index is 13.8. The number of nitrogens with zero attached hydrogens (tertiary/aromatic N) is 4. The van der Waals surface area contributed by atoms with Crippen LogP contribution in [-0.2, 0) is 6.54 Å². The second-order valence-electron chi connectivity index (χ2n) is 6.21. The van der Waals surface area contributed by atoms with Crippen LogP contribution in [0, 0.1) is 5.82 Å². The molecule has 0 aliphatic rings. The second kappa shape index (κ2) is 7.93. The van der Waals surface area contributed by atoms with Crippen LogP contribution in [-0.4, -0.2) is 38.0 Å². The number of amides is 1. The van der Waals surface area contributed by atoms with Gasteiger partial charge in [0.2, 0.25) is 5.95 Å². The van der Waals surface area contributed by atoms with Gasteiger partial charge < -0.3 is 4.74 Å². The molecule has 9 heteroatoms. The second-order valence-corrected chi connectivity index (χ2v) is 6.21. The highest BCUT2D eigenvalue weighted by molar-refractivity contribution is 6.02. The first-order valence-electron chi connectivity index (χ1n) is 8.76. The minimum atomic E-state index is -0.435. The van der Waals surface area contributed by atoms with E-state index < -0.39 is 5.91 Å². The van der Waals surface area contributed by atoms with Gasteiger partial charge in [0, 0.05) is 11.1 Å². The Bertz CT molecular complexity index is 1150. The predicted molar refractivity (Wildman–Crippen MR) is 104 cm³/mol. The molecule has 0 aliphatic heterocycles. The molecule has 2 aromatic carbocycles. The first-order valence-corrected chi connectivity index (χ1v) is 8.76. The third kappa shape index (κ3) is 4.13. The third-order valence-corrected chi connectivity index (χ3v) is 4.24. The van der Waals surface area contributed by atoms with Crippen molar-refractivity contribution < 1.29 is 13.9 Å². The molecule has 0 fully saturated rings. The number of hydrogen-bond acceptors (Lipinski definition) is 5. The average molecular weight is 392 g/mol. The predicted octanol–water partition coefficient (Wildman–Crippen LogP) is 3.12. The molecule has 0 radical (unpaired) electrons. The fourth-order valence-corrected chi connectivity index (χ4v) is 2.77. The quantitative estimate of drug-likeness (QED) is 0.525. The van der Waals surface area contributed by atoms with Crippen LogP contribution in [0.3, 0.4) is 0 Å². The zero-order valence-electron chi connectivity index (χ0n) is 15.5. The molecule has 2 aromatic heterocycles. The lowest BCUT2D eigenvalue weighted by molar-refractivity contribution is 0.102. The van der Waals surface area contributed by atoms with Crippen LogP contribution in [0.2, 0.25) is 0 Å². The van der Waals surface area contributed by atoms with E-state index in [2.05, 4.69) is 25.6 Å². The minimum Gasteiger partial charge on any atom is -0.497 e. The Kier molecular flexibility index (Phi) is 5.02. The zero-order chi connectivity index (χ0) is 20.2. The van der Waals surface area contributed by atoms with Crippen molar-refractivity contribution in [3.63, 3.8) is 0 Å². The topological polar surface area (TPSA) is 97.7 Å². The van der Waals surface area contributed by atoms with Gasteiger partial charge in [0.15, 0.2) is 0 Å². The molecule has 0 unspecified atom stereocenters. The summed E-state index contributed by atoms with van der Waals surface area (Å²) in [5.74, 6) is 0.0522. The lowest BCUT2D eigenvalue weighted by Gasteiger charge is -2.02. The minimum absolute atomic E-state index is 0.115. The standard InChI is InChI=1S/C20H17FN6O2/c1-29-15-7-4-6-13(9-15)17-10-18(25-24-17)19(28)23-20-22-12-27(26-20)11-14-5-2-3-8-16(14)21/h2-10,12H,11H2,1H3,(H,24,25)(H,23,26,28). The monoisotopic (exact) mass is 392 g/mol. The third-order valence-electron chi connectivity index (χ3n) is 4.24. The number of H-pyrrole nitrogens is 1. The number of carbonyl (C=O) groups excluding carboxylic acids is 1. The molecular formula is C20H17FN6O2. The van der Waals surface area contributed by atoms with Crippen molar-refractivity contribution in [2.45, 2.75) is 6.54 Å². The molecule has 4 rings (SSSR count). The summed E-state index contributed by atoms with van der Waals surface area (Å²) >= 11 is 0. The van der Waals surface area contributed by atoms with Crippen molar-refractivity contribution >= 4 is 11.9 Å². The van der Waals surface area contributed by atoms with Crippen molar-refractivity contribution in [1.29, 1.82) is 0 Å². The molecule has 0 aliphatic carbocycles.